The molecule has 1 nitrogen and oxygen atoms in total. The van der Waals surface area contributed by atoms with E-state index in [4.69, 9.17) is 0 Å². The number of aromatic nitrogens is 1. The van der Waals surface area contributed by atoms with E-state index in [-0.39, 0.29) is 0 Å². The molecule has 0 saturated heterocycles. The van der Waals surface area contributed by atoms with Gasteiger partial charge in [0.15, 0.2) is 0 Å². The van der Waals surface area contributed by atoms with Gasteiger partial charge in [0.1, 0.15) is 0 Å². The van der Waals surface area contributed by atoms with E-state index in [9.17, 15) is 4.39 Å². The first kappa shape index (κ1) is 13.9. The topological polar surface area (TPSA) is 12.9 Å². The Morgan fingerprint density at radius 3 is 1.71 bits per heavy atom. The van der Waals surface area contributed by atoms with Gasteiger partial charge < -0.3 is 0 Å². The summed E-state index contributed by atoms with van der Waals surface area (Å²) in [5.74, 6) is -0.418. The van der Waals surface area contributed by atoms with Gasteiger partial charge in [0.2, 0.25) is 0 Å². The van der Waals surface area contributed by atoms with Crippen molar-refractivity contribution in [3.8, 4) is 0 Å². The third kappa shape index (κ3) is 2.59. The molecule has 0 aliphatic carbocycles. The minimum absolute atomic E-state index is 0.418. The van der Waals surface area contributed by atoms with Crippen LogP contribution in [0.25, 0.3) is 0 Å². The molecule has 1 aromatic heterocycles. The molecule has 0 unspecified atom stereocenters. The SMILES string of the molecule is C[PH](c1ccccc1)(c1ccccc1)c1cccc(F)n1. The summed E-state index contributed by atoms with van der Waals surface area (Å²) >= 11 is 0. The molecule has 0 aliphatic heterocycles. The first-order valence-corrected chi connectivity index (χ1v) is 9.45. The van der Waals surface area contributed by atoms with Gasteiger partial charge in [-0.1, -0.05) is 0 Å². The zero-order valence-electron chi connectivity index (χ0n) is 11.8. The van der Waals surface area contributed by atoms with Crippen molar-refractivity contribution < 1.29 is 4.39 Å². The Hall–Kier alpha value is -2.05. The fraction of sp³-hybridized carbons (Fsp3) is 0.0556. The number of halogens is 1. The van der Waals surface area contributed by atoms with Gasteiger partial charge >= 0.3 is 124 Å². The van der Waals surface area contributed by atoms with Crippen molar-refractivity contribution in [2.24, 2.45) is 0 Å². The maximum atomic E-state index is 13.6. The van der Waals surface area contributed by atoms with Crippen LogP contribution >= 0.6 is 7.26 Å². The monoisotopic (exact) mass is 297 g/mol. The number of rotatable bonds is 3. The van der Waals surface area contributed by atoms with Gasteiger partial charge in [-0.05, 0) is 0 Å². The number of hydrogen-bond acceptors (Lipinski definition) is 1. The van der Waals surface area contributed by atoms with Crippen LogP contribution < -0.4 is 16.0 Å². The molecule has 0 saturated carbocycles. The van der Waals surface area contributed by atoms with E-state index in [0.29, 0.717) is 0 Å². The number of benzene rings is 2. The van der Waals surface area contributed by atoms with Crippen molar-refractivity contribution in [2.45, 2.75) is 0 Å². The minimum atomic E-state index is -2.26. The molecule has 0 fully saturated rings. The average molecular weight is 297 g/mol. The second-order valence-corrected chi connectivity index (χ2v) is 9.12. The standard InChI is InChI=1S/C18H17FNP/c1-21(15-9-4-2-5-10-15,16-11-6-3-7-12-16)18-14-8-13-17(19)20-18/h2-14,21H,1H3. The third-order valence-corrected chi connectivity index (χ3v) is 8.21. The molecule has 0 amide bonds. The van der Waals surface area contributed by atoms with Gasteiger partial charge in [-0.25, -0.2) is 0 Å². The number of nitrogens with zero attached hydrogens (tertiary/aromatic N) is 1. The van der Waals surface area contributed by atoms with Crippen LogP contribution in [0.15, 0.2) is 78.9 Å². The second-order valence-electron chi connectivity index (χ2n) is 5.20. The summed E-state index contributed by atoms with van der Waals surface area (Å²) in [5, 5.41) is 2.46. The van der Waals surface area contributed by atoms with Gasteiger partial charge in [0, 0.05) is 0 Å². The van der Waals surface area contributed by atoms with Crippen LogP contribution in [-0.4, -0.2) is 11.6 Å². The molecule has 0 bridgehead atoms. The fourth-order valence-electron chi connectivity index (χ4n) is 2.69. The van der Waals surface area contributed by atoms with Crippen LogP contribution in [0, 0.1) is 5.95 Å². The molecule has 0 aliphatic rings. The molecule has 3 rings (SSSR count). The van der Waals surface area contributed by atoms with Gasteiger partial charge in [-0.2, -0.15) is 0 Å². The summed E-state index contributed by atoms with van der Waals surface area (Å²) in [6.45, 7) is 2.22. The zero-order chi connectivity index (χ0) is 14.7. The van der Waals surface area contributed by atoms with Crippen molar-refractivity contribution in [3.05, 3.63) is 84.8 Å². The van der Waals surface area contributed by atoms with Crippen molar-refractivity contribution in [1.82, 2.24) is 4.98 Å². The van der Waals surface area contributed by atoms with E-state index in [0.717, 1.165) is 5.44 Å². The average Bonchev–Trinajstić information content (AvgIpc) is 2.56. The third-order valence-electron chi connectivity index (χ3n) is 3.93. The van der Waals surface area contributed by atoms with Gasteiger partial charge in [-0.3, -0.25) is 0 Å². The van der Waals surface area contributed by atoms with Crippen LogP contribution in [0.1, 0.15) is 0 Å². The summed E-state index contributed by atoms with van der Waals surface area (Å²) in [5.41, 5.74) is 0.847. The summed E-state index contributed by atoms with van der Waals surface area (Å²) in [4.78, 5) is 4.19. The zero-order valence-corrected chi connectivity index (χ0v) is 12.8. The van der Waals surface area contributed by atoms with Crippen molar-refractivity contribution >= 4 is 23.3 Å². The second kappa shape index (κ2) is 5.75. The Morgan fingerprint density at radius 1 is 0.714 bits per heavy atom. The van der Waals surface area contributed by atoms with E-state index in [1.54, 1.807) is 6.07 Å². The molecule has 3 aromatic rings. The quantitative estimate of drug-likeness (QED) is 0.535. The van der Waals surface area contributed by atoms with Crippen LogP contribution in [-0.2, 0) is 0 Å². The van der Waals surface area contributed by atoms with Gasteiger partial charge in [-0.15, -0.1) is 0 Å². The Balaban J connectivity index is 2.25. The first-order chi connectivity index (χ1) is 10.2. The summed E-state index contributed by atoms with van der Waals surface area (Å²) in [7, 11) is -2.26. The van der Waals surface area contributed by atoms with E-state index in [1.807, 2.05) is 42.5 Å². The molecule has 0 atom stereocenters. The van der Waals surface area contributed by atoms with Crippen LogP contribution in [0.5, 0.6) is 0 Å². The maximum absolute atomic E-state index is 13.6. The summed E-state index contributed by atoms with van der Waals surface area (Å²) in [6, 6.07) is 25.7. The summed E-state index contributed by atoms with van der Waals surface area (Å²) < 4.78 is 13.6. The number of pyridine rings is 1. The van der Waals surface area contributed by atoms with E-state index < -0.39 is 13.2 Å². The van der Waals surface area contributed by atoms with E-state index >= 15 is 0 Å². The molecule has 0 N–H and O–H groups in total. The predicted octanol–water partition coefficient (Wildman–Crippen LogP) is 2.88. The van der Waals surface area contributed by atoms with Gasteiger partial charge in [0.25, 0.3) is 0 Å². The Bertz CT molecular complexity index is 689. The van der Waals surface area contributed by atoms with Crippen LogP contribution in [0.2, 0.25) is 0 Å². The fourth-order valence-corrected chi connectivity index (χ4v) is 6.10. The predicted molar refractivity (Wildman–Crippen MR) is 90.2 cm³/mol. The first-order valence-electron chi connectivity index (χ1n) is 6.95. The Kier molecular flexibility index (Phi) is 3.81. The summed E-state index contributed by atoms with van der Waals surface area (Å²) in [6.07, 6.45) is 0. The van der Waals surface area contributed by atoms with Crippen LogP contribution in [0.3, 0.4) is 0 Å². The molecular formula is C18H17FNP. The molecular weight excluding hydrogens is 280 g/mol. The van der Waals surface area contributed by atoms with Crippen molar-refractivity contribution in [2.75, 3.05) is 6.66 Å². The Labute approximate surface area is 124 Å². The van der Waals surface area contributed by atoms with Crippen molar-refractivity contribution in [3.63, 3.8) is 0 Å². The van der Waals surface area contributed by atoms with E-state index in [2.05, 4.69) is 35.9 Å². The number of hydrogen-bond donors (Lipinski definition) is 0. The molecule has 106 valence electrons. The molecule has 2 aromatic carbocycles. The van der Waals surface area contributed by atoms with Crippen molar-refractivity contribution in [1.29, 1.82) is 0 Å². The molecule has 0 spiro atoms. The molecule has 3 heteroatoms. The van der Waals surface area contributed by atoms with Gasteiger partial charge in [0.05, 0.1) is 0 Å². The normalized spacial score (nSPS) is 12.1. The van der Waals surface area contributed by atoms with E-state index in [1.165, 1.54) is 16.7 Å². The molecule has 21 heavy (non-hydrogen) atoms. The Morgan fingerprint density at radius 2 is 1.24 bits per heavy atom. The molecule has 0 radical (unpaired) electrons. The van der Waals surface area contributed by atoms with Crippen LogP contribution in [0.4, 0.5) is 4.39 Å². The molecule has 1 heterocycles.